The minimum atomic E-state index is 0.263. The Morgan fingerprint density at radius 2 is 2.13 bits per heavy atom. The van der Waals surface area contributed by atoms with Gasteiger partial charge in [0.25, 0.3) is 0 Å². The average molecular weight is 202 g/mol. The van der Waals surface area contributed by atoms with Crippen molar-refractivity contribution >= 4 is 5.78 Å². The van der Waals surface area contributed by atoms with Gasteiger partial charge in [0.2, 0.25) is 0 Å². The molecule has 78 valence electrons. The Bertz CT molecular complexity index is 423. The lowest BCUT2D eigenvalue weighted by molar-refractivity contribution is -0.120. The van der Waals surface area contributed by atoms with Crippen molar-refractivity contribution in [2.24, 2.45) is 5.92 Å². The fourth-order valence-electron chi connectivity index (χ4n) is 3.02. The smallest absolute Gasteiger partial charge is 0.136 e. The highest BCUT2D eigenvalue weighted by atomic mass is 16.5. The fraction of sp³-hybridized carbons (Fsp3) is 0.462. The van der Waals surface area contributed by atoms with Crippen molar-refractivity contribution in [3.8, 4) is 5.75 Å². The normalized spacial score (nSPS) is 27.7. The lowest BCUT2D eigenvalue weighted by Gasteiger charge is -2.23. The molecule has 0 N–H and O–H groups in total. The number of carbonyl (C=O) groups is 1. The summed E-state index contributed by atoms with van der Waals surface area (Å²) in [6, 6.07) is 6.17. The van der Waals surface area contributed by atoms with Crippen LogP contribution in [0.3, 0.4) is 0 Å². The zero-order valence-electron chi connectivity index (χ0n) is 8.82. The van der Waals surface area contributed by atoms with Crippen LogP contribution in [0.2, 0.25) is 0 Å². The predicted octanol–water partition coefficient (Wildman–Crippen LogP) is 2.31. The second-order valence-electron chi connectivity index (χ2n) is 4.53. The van der Waals surface area contributed by atoms with Crippen LogP contribution in [-0.2, 0) is 11.2 Å². The zero-order valence-corrected chi connectivity index (χ0v) is 8.82. The SMILES string of the molecule is COc1cccc2c1CC1CC2CC1=O. The van der Waals surface area contributed by atoms with Gasteiger partial charge in [-0.25, -0.2) is 0 Å². The van der Waals surface area contributed by atoms with Gasteiger partial charge in [-0.15, -0.1) is 0 Å². The Hall–Kier alpha value is -1.31. The Morgan fingerprint density at radius 1 is 1.27 bits per heavy atom. The molecule has 1 aromatic carbocycles. The molecule has 2 aliphatic carbocycles. The summed E-state index contributed by atoms with van der Waals surface area (Å²) >= 11 is 0. The molecule has 1 aromatic rings. The molecule has 0 radical (unpaired) electrons. The number of Topliss-reactive ketones (excluding diaryl/α,β-unsaturated/α-hetero) is 1. The van der Waals surface area contributed by atoms with E-state index in [0.717, 1.165) is 25.0 Å². The first kappa shape index (κ1) is 8.96. The van der Waals surface area contributed by atoms with E-state index in [4.69, 9.17) is 4.74 Å². The topological polar surface area (TPSA) is 26.3 Å². The second kappa shape index (κ2) is 3.09. The maximum absolute atomic E-state index is 11.7. The van der Waals surface area contributed by atoms with E-state index in [2.05, 4.69) is 6.07 Å². The molecule has 0 aliphatic heterocycles. The van der Waals surface area contributed by atoms with E-state index in [-0.39, 0.29) is 5.92 Å². The molecule has 1 fully saturated rings. The molecule has 0 spiro atoms. The van der Waals surface area contributed by atoms with Crippen molar-refractivity contribution in [3.05, 3.63) is 29.3 Å². The van der Waals surface area contributed by atoms with Gasteiger partial charge in [-0.2, -0.15) is 0 Å². The van der Waals surface area contributed by atoms with Crippen molar-refractivity contribution in [1.82, 2.24) is 0 Å². The number of benzene rings is 1. The van der Waals surface area contributed by atoms with E-state index in [1.54, 1.807) is 7.11 Å². The Morgan fingerprint density at radius 3 is 2.93 bits per heavy atom. The molecule has 2 heteroatoms. The molecule has 2 aliphatic rings. The van der Waals surface area contributed by atoms with E-state index < -0.39 is 0 Å². The summed E-state index contributed by atoms with van der Waals surface area (Å²) < 4.78 is 5.36. The molecule has 3 rings (SSSR count). The van der Waals surface area contributed by atoms with Crippen LogP contribution in [0.15, 0.2) is 18.2 Å². The molecule has 0 aromatic heterocycles. The highest BCUT2D eigenvalue weighted by Crippen LogP contribution is 2.46. The second-order valence-corrected chi connectivity index (χ2v) is 4.53. The van der Waals surface area contributed by atoms with Crippen molar-refractivity contribution in [2.45, 2.75) is 25.2 Å². The predicted molar refractivity (Wildman–Crippen MR) is 57.2 cm³/mol. The summed E-state index contributed by atoms with van der Waals surface area (Å²) in [6.07, 6.45) is 2.68. The number of carbonyl (C=O) groups excluding carboxylic acids is 1. The Labute approximate surface area is 89.2 Å². The molecular weight excluding hydrogens is 188 g/mol. The maximum atomic E-state index is 11.7. The van der Waals surface area contributed by atoms with Crippen LogP contribution in [0.1, 0.15) is 29.9 Å². The van der Waals surface area contributed by atoms with Crippen molar-refractivity contribution in [3.63, 3.8) is 0 Å². The Balaban J connectivity index is 2.12. The minimum Gasteiger partial charge on any atom is -0.496 e. The first-order chi connectivity index (χ1) is 7.29. The Kier molecular flexibility index (Phi) is 1.84. The van der Waals surface area contributed by atoms with Crippen LogP contribution < -0.4 is 4.74 Å². The standard InChI is InChI=1S/C13H14O2/c1-15-13-4-2-3-10-8-5-9(6-11(10)13)12(14)7-8/h2-4,8-9H,5-7H2,1H3. The van der Waals surface area contributed by atoms with E-state index in [1.807, 2.05) is 12.1 Å². The number of hydrogen-bond acceptors (Lipinski definition) is 2. The van der Waals surface area contributed by atoms with Crippen LogP contribution in [0, 0.1) is 5.92 Å². The van der Waals surface area contributed by atoms with Gasteiger partial charge in [0.1, 0.15) is 11.5 Å². The van der Waals surface area contributed by atoms with Gasteiger partial charge in [0.15, 0.2) is 0 Å². The number of rotatable bonds is 1. The third-order valence-electron chi connectivity index (χ3n) is 3.75. The molecule has 2 bridgehead atoms. The van der Waals surface area contributed by atoms with Gasteiger partial charge >= 0.3 is 0 Å². The van der Waals surface area contributed by atoms with E-state index in [1.165, 1.54) is 11.1 Å². The molecular formula is C13H14O2. The van der Waals surface area contributed by atoms with Gasteiger partial charge in [0, 0.05) is 12.3 Å². The molecule has 2 nitrogen and oxygen atoms in total. The van der Waals surface area contributed by atoms with Crippen molar-refractivity contribution < 1.29 is 9.53 Å². The highest BCUT2D eigenvalue weighted by Gasteiger charge is 2.39. The monoisotopic (exact) mass is 202 g/mol. The largest absolute Gasteiger partial charge is 0.496 e. The lowest BCUT2D eigenvalue weighted by Crippen LogP contribution is -2.14. The van der Waals surface area contributed by atoms with Crippen LogP contribution in [0.4, 0.5) is 0 Å². The van der Waals surface area contributed by atoms with Gasteiger partial charge in [0.05, 0.1) is 7.11 Å². The number of methoxy groups -OCH3 is 1. The van der Waals surface area contributed by atoms with E-state index in [0.29, 0.717) is 11.7 Å². The first-order valence-electron chi connectivity index (χ1n) is 5.48. The van der Waals surface area contributed by atoms with E-state index >= 15 is 0 Å². The number of ketones is 1. The first-order valence-corrected chi connectivity index (χ1v) is 5.48. The third kappa shape index (κ3) is 1.21. The number of hydrogen-bond donors (Lipinski definition) is 0. The molecule has 0 amide bonds. The molecule has 2 atom stereocenters. The van der Waals surface area contributed by atoms with E-state index in [9.17, 15) is 4.79 Å². The van der Waals surface area contributed by atoms with Crippen LogP contribution in [0.25, 0.3) is 0 Å². The van der Waals surface area contributed by atoms with Crippen molar-refractivity contribution in [1.29, 1.82) is 0 Å². The maximum Gasteiger partial charge on any atom is 0.136 e. The summed E-state index contributed by atoms with van der Waals surface area (Å²) in [5.41, 5.74) is 2.61. The molecule has 1 saturated carbocycles. The average Bonchev–Trinajstić information content (AvgIpc) is 2.55. The minimum absolute atomic E-state index is 0.263. The van der Waals surface area contributed by atoms with Crippen LogP contribution in [0.5, 0.6) is 5.75 Å². The molecule has 0 saturated heterocycles. The van der Waals surface area contributed by atoms with Gasteiger partial charge in [-0.1, -0.05) is 12.1 Å². The van der Waals surface area contributed by atoms with Gasteiger partial charge < -0.3 is 4.74 Å². The lowest BCUT2D eigenvalue weighted by atomic mass is 9.82. The van der Waals surface area contributed by atoms with Gasteiger partial charge in [-0.05, 0) is 36.0 Å². The molecule has 15 heavy (non-hydrogen) atoms. The summed E-state index contributed by atoms with van der Waals surface area (Å²) in [5.74, 6) is 2.12. The van der Waals surface area contributed by atoms with Crippen molar-refractivity contribution in [2.75, 3.05) is 7.11 Å². The highest BCUT2D eigenvalue weighted by molar-refractivity contribution is 5.86. The third-order valence-corrected chi connectivity index (χ3v) is 3.75. The fourth-order valence-corrected chi connectivity index (χ4v) is 3.02. The summed E-state index contributed by atoms with van der Waals surface area (Å²) in [5, 5.41) is 0. The molecule has 2 unspecified atom stereocenters. The van der Waals surface area contributed by atoms with Crippen LogP contribution >= 0.6 is 0 Å². The quantitative estimate of drug-likeness (QED) is 0.698. The van der Waals surface area contributed by atoms with Gasteiger partial charge in [-0.3, -0.25) is 4.79 Å². The zero-order chi connectivity index (χ0) is 10.4. The number of ether oxygens (including phenoxy) is 1. The number of fused-ring (bicyclic) bond motifs is 4. The molecule has 0 heterocycles. The van der Waals surface area contributed by atoms with Crippen LogP contribution in [-0.4, -0.2) is 12.9 Å². The summed E-state index contributed by atoms with van der Waals surface area (Å²) in [6.45, 7) is 0. The summed E-state index contributed by atoms with van der Waals surface area (Å²) in [4.78, 5) is 11.7. The summed E-state index contributed by atoms with van der Waals surface area (Å²) in [7, 11) is 1.70.